The standard InChI is InChI=1S/C16H22BrNO/c1-19-15-13(16(18)8-3-2-4-9-16)10-11-6-5-7-12(11)14(15)17/h10H,2-9,18H2,1H3. The third kappa shape index (κ3) is 2.21. The van der Waals surface area contributed by atoms with Crippen molar-refractivity contribution in [2.45, 2.75) is 56.9 Å². The number of aryl methyl sites for hydroxylation is 1. The summed E-state index contributed by atoms with van der Waals surface area (Å²) in [4.78, 5) is 0. The number of fused-ring (bicyclic) bond motifs is 1. The van der Waals surface area contributed by atoms with Gasteiger partial charge in [0, 0.05) is 11.1 Å². The summed E-state index contributed by atoms with van der Waals surface area (Å²) >= 11 is 3.75. The van der Waals surface area contributed by atoms with Crippen molar-refractivity contribution in [3.63, 3.8) is 0 Å². The summed E-state index contributed by atoms with van der Waals surface area (Å²) in [5.74, 6) is 0.977. The van der Waals surface area contributed by atoms with Gasteiger partial charge in [0.15, 0.2) is 0 Å². The molecule has 3 heteroatoms. The molecule has 0 radical (unpaired) electrons. The summed E-state index contributed by atoms with van der Waals surface area (Å²) in [5, 5.41) is 0. The first-order valence-corrected chi connectivity index (χ1v) is 8.12. The topological polar surface area (TPSA) is 35.2 Å². The minimum absolute atomic E-state index is 0.191. The van der Waals surface area contributed by atoms with Gasteiger partial charge in [-0.2, -0.15) is 0 Å². The molecular formula is C16H22BrNO. The van der Waals surface area contributed by atoms with E-state index >= 15 is 0 Å². The van der Waals surface area contributed by atoms with Crippen molar-refractivity contribution < 1.29 is 4.74 Å². The number of hydrogen-bond acceptors (Lipinski definition) is 2. The minimum atomic E-state index is -0.191. The molecule has 1 saturated carbocycles. The Morgan fingerprint density at radius 3 is 2.58 bits per heavy atom. The number of benzene rings is 1. The van der Waals surface area contributed by atoms with Crippen LogP contribution >= 0.6 is 15.9 Å². The first kappa shape index (κ1) is 13.4. The summed E-state index contributed by atoms with van der Waals surface area (Å²) in [6, 6.07) is 2.33. The van der Waals surface area contributed by atoms with Gasteiger partial charge >= 0.3 is 0 Å². The third-order valence-electron chi connectivity index (χ3n) is 4.77. The Kier molecular flexibility index (Phi) is 3.61. The van der Waals surface area contributed by atoms with E-state index in [1.54, 1.807) is 7.11 Å². The third-order valence-corrected chi connectivity index (χ3v) is 5.61. The van der Waals surface area contributed by atoms with Gasteiger partial charge in [-0.3, -0.25) is 0 Å². The molecule has 0 spiro atoms. The maximum Gasteiger partial charge on any atom is 0.138 e. The fourth-order valence-electron chi connectivity index (χ4n) is 3.69. The monoisotopic (exact) mass is 323 g/mol. The van der Waals surface area contributed by atoms with Gasteiger partial charge in [-0.1, -0.05) is 19.3 Å². The van der Waals surface area contributed by atoms with Crippen molar-refractivity contribution in [1.29, 1.82) is 0 Å². The second kappa shape index (κ2) is 5.10. The maximum atomic E-state index is 6.72. The average molecular weight is 324 g/mol. The Morgan fingerprint density at radius 1 is 1.16 bits per heavy atom. The Hall–Kier alpha value is -0.540. The molecule has 0 aromatic heterocycles. The van der Waals surface area contributed by atoms with E-state index in [-0.39, 0.29) is 5.54 Å². The zero-order valence-electron chi connectivity index (χ0n) is 11.6. The van der Waals surface area contributed by atoms with Crippen LogP contribution in [0.3, 0.4) is 0 Å². The van der Waals surface area contributed by atoms with Crippen LogP contribution in [0.25, 0.3) is 0 Å². The highest BCUT2D eigenvalue weighted by Crippen LogP contribution is 2.46. The number of nitrogens with two attached hydrogens (primary N) is 1. The summed E-state index contributed by atoms with van der Waals surface area (Å²) in [6.45, 7) is 0. The zero-order valence-corrected chi connectivity index (χ0v) is 13.2. The van der Waals surface area contributed by atoms with E-state index in [0.29, 0.717) is 0 Å². The molecule has 2 aliphatic carbocycles. The van der Waals surface area contributed by atoms with E-state index in [4.69, 9.17) is 10.5 Å². The molecule has 1 aromatic carbocycles. The molecule has 19 heavy (non-hydrogen) atoms. The molecule has 2 nitrogen and oxygen atoms in total. The van der Waals surface area contributed by atoms with E-state index in [2.05, 4.69) is 22.0 Å². The predicted molar refractivity (Wildman–Crippen MR) is 81.7 cm³/mol. The number of rotatable bonds is 2. The van der Waals surface area contributed by atoms with Crippen molar-refractivity contribution in [3.8, 4) is 5.75 Å². The van der Waals surface area contributed by atoms with E-state index in [1.165, 1.54) is 48.8 Å². The summed E-state index contributed by atoms with van der Waals surface area (Å²) in [5.41, 5.74) is 10.7. The smallest absolute Gasteiger partial charge is 0.138 e. The first-order chi connectivity index (χ1) is 9.15. The minimum Gasteiger partial charge on any atom is -0.495 e. The molecule has 0 unspecified atom stereocenters. The molecule has 1 fully saturated rings. The molecule has 0 heterocycles. The number of ether oxygens (including phenoxy) is 1. The van der Waals surface area contributed by atoms with E-state index in [1.807, 2.05) is 0 Å². The Labute approximate surface area is 123 Å². The maximum absolute atomic E-state index is 6.72. The number of halogens is 1. The second-order valence-electron chi connectivity index (χ2n) is 5.98. The molecule has 0 bridgehead atoms. The molecule has 104 valence electrons. The van der Waals surface area contributed by atoms with Gasteiger partial charge in [0.25, 0.3) is 0 Å². The van der Waals surface area contributed by atoms with Crippen molar-refractivity contribution >= 4 is 15.9 Å². The van der Waals surface area contributed by atoms with E-state index in [9.17, 15) is 0 Å². The predicted octanol–water partition coefficient (Wildman–Crippen LogP) is 4.06. The highest BCUT2D eigenvalue weighted by Gasteiger charge is 2.34. The lowest BCUT2D eigenvalue weighted by Crippen LogP contribution is -2.39. The number of hydrogen-bond donors (Lipinski definition) is 1. The van der Waals surface area contributed by atoms with Gasteiger partial charge in [0.1, 0.15) is 5.75 Å². The molecule has 0 aliphatic heterocycles. The van der Waals surface area contributed by atoms with Gasteiger partial charge in [0.05, 0.1) is 11.6 Å². The Morgan fingerprint density at radius 2 is 1.89 bits per heavy atom. The lowest BCUT2D eigenvalue weighted by atomic mass is 9.76. The highest BCUT2D eigenvalue weighted by atomic mass is 79.9. The van der Waals surface area contributed by atoms with Crippen molar-refractivity contribution in [2.75, 3.05) is 7.11 Å². The Balaban J connectivity index is 2.12. The van der Waals surface area contributed by atoms with Crippen LogP contribution < -0.4 is 10.5 Å². The van der Waals surface area contributed by atoms with Gasteiger partial charge in [-0.05, 0) is 65.2 Å². The molecule has 1 aromatic rings. The van der Waals surface area contributed by atoms with Crippen LogP contribution in [0.5, 0.6) is 5.75 Å². The fraction of sp³-hybridized carbons (Fsp3) is 0.625. The zero-order chi connectivity index (χ0) is 13.5. The van der Waals surface area contributed by atoms with Gasteiger partial charge in [0.2, 0.25) is 0 Å². The van der Waals surface area contributed by atoms with Crippen LogP contribution in [-0.4, -0.2) is 7.11 Å². The van der Waals surface area contributed by atoms with Crippen LogP contribution in [0.2, 0.25) is 0 Å². The van der Waals surface area contributed by atoms with Crippen LogP contribution in [0.4, 0.5) is 0 Å². The molecule has 3 rings (SSSR count). The van der Waals surface area contributed by atoms with E-state index < -0.39 is 0 Å². The molecule has 2 N–H and O–H groups in total. The summed E-state index contributed by atoms with van der Waals surface area (Å²) in [7, 11) is 1.76. The highest BCUT2D eigenvalue weighted by molar-refractivity contribution is 9.10. The van der Waals surface area contributed by atoms with Crippen LogP contribution in [-0.2, 0) is 18.4 Å². The fourth-order valence-corrected chi connectivity index (χ4v) is 4.52. The average Bonchev–Trinajstić information content (AvgIpc) is 2.88. The lowest BCUT2D eigenvalue weighted by Gasteiger charge is -2.35. The second-order valence-corrected chi connectivity index (χ2v) is 6.77. The van der Waals surface area contributed by atoms with Gasteiger partial charge in [-0.25, -0.2) is 0 Å². The van der Waals surface area contributed by atoms with Crippen LogP contribution in [0.15, 0.2) is 10.5 Å². The largest absolute Gasteiger partial charge is 0.495 e. The van der Waals surface area contributed by atoms with Crippen molar-refractivity contribution in [2.24, 2.45) is 5.73 Å². The van der Waals surface area contributed by atoms with Crippen molar-refractivity contribution in [1.82, 2.24) is 0 Å². The van der Waals surface area contributed by atoms with Gasteiger partial charge in [-0.15, -0.1) is 0 Å². The summed E-state index contributed by atoms with van der Waals surface area (Å²) < 4.78 is 6.84. The van der Waals surface area contributed by atoms with Gasteiger partial charge < -0.3 is 10.5 Å². The molecular weight excluding hydrogens is 302 g/mol. The summed E-state index contributed by atoms with van der Waals surface area (Å²) in [6.07, 6.45) is 9.52. The molecule has 2 aliphatic rings. The van der Waals surface area contributed by atoms with E-state index in [0.717, 1.165) is 29.5 Å². The van der Waals surface area contributed by atoms with Crippen LogP contribution in [0.1, 0.15) is 55.2 Å². The van der Waals surface area contributed by atoms with Crippen LogP contribution in [0, 0.1) is 0 Å². The van der Waals surface area contributed by atoms with Crippen molar-refractivity contribution in [3.05, 3.63) is 27.2 Å². The molecule has 0 saturated heterocycles. The molecule has 0 atom stereocenters. The normalized spacial score (nSPS) is 21.2. The number of methoxy groups -OCH3 is 1. The Bertz CT molecular complexity index is 492. The first-order valence-electron chi connectivity index (χ1n) is 7.33. The lowest BCUT2D eigenvalue weighted by molar-refractivity contribution is 0.288. The molecule has 0 amide bonds. The quantitative estimate of drug-likeness (QED) is 0.890. The SMILES string of the molecule is COc1c(C2(N)CCCCC2)cc2c(c1Br)CCC2.